The lowest BCUT2D eigenvalue weighted by Crippen LogP contribution is -2.61. The molecule has 0 spiro atoms. The van der Waals surface area contributed by atoms with Gasteiger partial charge in [0.15, 0.2) is 23.4 Å². The van der Waals surface area contributed by atoms with Crippen LogP contribution >= 0.6 is 0 Å². The van der Waals surface area contributed by atoms with Crippen LogP contribution in [-0.4, -0.2) is 86.1 Å². The van der Waals surface area contributed by atoms with Gasteiger partial charge in [0.05, 0.1) is 13.7 Å². The lowest BCUT2D eigenvalue weighted by atomic mass is 9.99. The van der Waals surface area contributed by atoms with Crippen molar-refractivity contribution in [3.8, 4) is 45.8 Å². The summed E-state index contributed by atoms with van der Waals surface area (Å²) in [6.45, 7) is -0.808. The Bertz CT molecular complexity index is 1790. The molecular formula is C31H28O14. The molecule has 1 aliphatic rings. The first-order valence-electron chi connectivity index (χ1n) is 13.4. The predicted molar refractivity (Wildman–Crippen MR) is 155 cm³/mol. The molecule has 1 aromatic heterocycles. The SMILES string of the molecule is COc1cc(-c2oc3cc(O)cc(O)c3c(=O)c2OC2OC(CO)C(OC(=O)C=Cc3ccc(O)cc3)C(O)C2O)ccc1O. The van der Waals surface area contributed by atoms with E-state index in [1.165, 1.54) is 55.7 Å². The predicted octanol–water partition coefficient (Wildman–Crippen LogP) is 1.73. The number of phenols is 4. The van der Waals surface area contributed by atoms with Gasteiger partial charge in [-0.05, 0) is 42.0 Å². The number of rotatable bonds is 8. The molecule has 14 heteroatoms. The smallest absolute Gasteiger partial charge is 0.331 e. The number of aliphatic hydroxyl groups excluding tert-OH is 3. The molecule has 5 atom stereocenters. The molecule has 0 saturated carbocycles. The summed E-state index contributed by atoms with van der Waals surface area (Å²) in [6.07, 6.45) is -6.25. The van der Waals surface area contributed by atoms with E-state index in [2.05, 4.69) is 0 Å². The lowest BCUT2D eigenvalue weighted by molar-refractivity contribution is -0.280. The Morgan fingerprint density at radius 1 is 0.933 bits per heavy atom. The molecule has 1 saturated heterocycles. The van der Waals surface area contributed by atoms with Crippen LogP contribution in [0.2, 0.25) is 0 Å². The third kappa shape index (κ3) is 6.34. The van der Waals surface area contributed by atoms with Crippen LogP contribution in [0.5, 0.6) is 34.5 Å². The van der Waals surface area contributed by atoms with E-state index in [0.29, 0.717) is 5.56 Å². The van der Waals surface area contributed by atoms with Gasteiger partial charge >= 0.3 is 5.97 Å². The van der Waals surface area contributed by atoms with Gasteiger partial charge in [-0.3, -0.25) is 4.79 Å². The fourth-order valence-corrected chi connectivity index (χ4v) is 4.72. The number of aromatic hydroxyl groups is 4. The van der Waals surface area contributed by atoms with E-state index >= 15 is 0 Å². The molecule has 2 heterocycles. The Labute approximate surface area is 253 Å². The Morgan fingerprint density at radius 3 is 2.36 bits per heavy atom. The van der Waals surface area contributed by atoms with Crippen LogP contribution in [0, 0.1) is 0 Å². The fourth-order valence-electron chi connectivity index (χ4n) is 4.72. The standard InChI is InChI=1S/C31H28O14/c1-41-20-10-15(5-8-18(20)35)28-30(25(38)24-19(36)11-17(34)12-21(24)42-28)45-31-27(40)26(39)29(22(13-32)43-31)44-23(37)9-4-14-2-6-16(33)7-3-14/h2-12,22,26-27,29,31-36,39-40H,13H2,1H3. The molecule has 45 heavy (non-hydrogen) atoms. The molecule has 5 unspecified atom stereocenters. The molecule has 14 nitrogen and oxygen atoms in total. The fraction of sp³-hybridized carbons (Fsp3) is 0.226. The number of methoxy groups -OCH3 is 1. The van der Waals surface area contributed by atoms with Gasteiger partial charge in [0.25, 0.3) is 0 Å². The maximum absolute atomic E-state index is 13.7. The van der Waals surface area contributed by atoms with E-state index in [1.807, 2.05) is 0 Å². The average molecular weight is 625 g/mol. The lowest BCUT2D eigenvalue weighted by Gasteiger charge is -2.41. The maximum atomic E-state index is 13.7. The summed E-state index contributed by atoms with van der Waals surface area (Å²) < 4.78 is 27.6. The Hall–Kier alpha value is -5.28. The van der Waals surface area contributed by atoms with Crippen molar-refractivity contribution in [2.75, 3.05) is 13.7 Å². The zero-order valence-electron chi connectivity index (χ0n) is 23.4. The Balaban J connectivity index is 1.47. The second-order valence-electron chi connectivity index (χ2n) is 9.96. The van der Waals surface area contributed by atoms with Crippen LogP contribution < -0.4 is 14.9 Å². The molecule has 4 aromatic rings. The van der Waals surface area contributed by atoms with Crippen molar-refractivity contribution >= 4 is 23.0 Å². The van der Waals surface area contributed by atoms with Crippen molar-refractivity contribution in [3.63, 3.8) is 0 Å². The highest BCUT2D eigenvalue weighted by Gasteiger charge is 2.48. The van der Waals surface area contributed by atoms with Gasteiger partial charge in [-0.15, -0.1) is 0 Å². The number of esters is 1. The van der Waals surface area contributed by atoms with Crippen molar-refractivity contribution in [1.82, 2.24) is 0 Å². The van der Waals surface area contributed by atoms with E-state index in [9.17, 15) is 45.3 Å². The van der Waals surface area contributed by atoms with Crippen LogP contribution in [0.1, 0.15) is 5.56 Å². The van der Waals surface area contributed by atoms with E-state index in [0.717, 1.165) is 18.2 Å². The largest absolute Gasteiger partial charge is 0.508 e. The minimum atomic E-state index is -1.95. The van der Waals surface area contributed by atoms with E-state index in [-0.39, 0.29) is 34.2 Å². The second-order valence-corrected chi connectivity index (χ2v) is 9.96. The van der Waals surface area contributed by atoms with Gasteiger partial charge in [-0.1, -0.05) is 12.1 Å². The molecule has 0 radical (unpaired) electrons. The molecule has 7 N–H and O–H groups in total. The molecule has 0 amide bonds. The summed E-state index contributed by atoms with van der Waals surface area (Å²) in [4.78, 5) is 26.2. The van der Waals surface area contributed by atoms with Crippen LogP contribution in [0.3, 0.4) is 0 Å². The summed E-state index contributed by atoms with van der Waals surface area (Å²) in [5.74, 6) is -3.13. The highest BCUT2D eigenvalue weighted by atomic mass is 16.7. The zero-order valence-corrected chi connectivity index (χ0v) is 23.4. The summed E-state index contributed by atoms with van der Waals surface area (Å²) >= 11 is 0. The third-order valence-corrected chi connectivity index (χ3v) is 6.97. The second kappa shape index (κ2) is 12.8. The highest BCUT2D eigenvalue weighted by molar-refractivity contribution is 5.88. The molecule has 0 bridgehead atoms. The number of hydrogen-bond acceptors (Lipinski definition) is 14. The number of benzene rings is 3. The van der Waals surface area contributed by atoms with Crippen molar-refractivity contribution in [3.05, 3.63) is 76.5 Å². The number of hydrogen-bond donors (Lipinski definition) is 7. The number of ether oxygens (including phenoxy) is 4. The average Bonchev–Trinajstić information content (AvgIpc) is 3.01. The first kappa shape index (κ1) is 31.2. The van der Waals surface area contributed by atoms with Gasteiger partial charge in [-0.25, -0.2) is 4.79 Å². The number of fused-ring (bicyclic) bond motifs is 1. The first-order valence-corrected chi connectivity index (χ1v) is 13.4. The van der Waals surface area contributed by atoms with Crippen LogP contribution in [0.15, 0.2) is 69.9 Å². The minimum absolute atomic E-state index is 0.00575. The molecular weight excluding hydrogens is 596 g/mol. The first-order chi connectivity index (χ1) is 21.5. The Kier molecular flexibility index (Phi) is 8.83. The summed E-state index contributed by atoms with van der Waals surface area (Å²) in [7, 11) is 1.29. The van der Waals surface area contributed by atoms with Crippen molar-refractivity contribution in [2.24, 2.45) is 0 Å². The van der Waals surface area contributed by atoms with E-state index in [4.69, 9.17) is 23.4 Å². The molecule has 236 valence electrons. The number of carbonyl (C=O) groups excluding carboxylic acids is 1. The maximum Gasteiger partial charge on any atom is 0.331 e. The van der Waals surface area contributed by atoms with Gasteiger partial charge in [0, 0.05) is 23.8 Å². The van der Waals surface area contributed by atoms with Gasteiger partial charge in [-0.2, -0.15) is 0 Å². The van der Waals surface area contributed by atoms with E-state index < -0.39 is 71.3 Å². The quantitative estimate of drug-likeness (QED) is 0.110. The molecule has 5 rings (SSSR count). The van der Waals surface area contributed by atoms with Gasteiger partial charge in [0.2, 0.25) is 17.5 Å². The topological polar surface area (TPSA) is 226 Å². The summed E-state index contributed by atoms with van der Waals surface area (Å²) in [5.41, 5.74) is -0.527. The monoisotopic (exact) mass is 624 g/mol. The number of carbonyl (C=O) groups is 1. The normalized spacial score (nSPS) is 21.6. The number of phenolic OH excluding ortho intramolecular Hbond substituents is 4. The zero-order chi connectivity index (χ0) is 32.4. The van der Waals surface area contributed by atoms with Crippen molar-refractivity contribution < 1.29 is 63.9 Å². The van der Waals surface area contributed by atoms with Crippen molar-refractivity contribution in [1.29, 1.82) is 0 Å². The van der Waals surface area contributed by atoms with Gasteiger partial charge < -0.3 is 59.1 Å². The molecule has 1 fully saturated rings. The van der Waals surface area contributed by atoms with Gasteiger partial charge in [0.1, 0.15) is 46.5 Å². The van der Waals surface area contributed by atoms with Crippen LogP contribution in [-0.2, 0) is 14.3 Å². The van der Waals surface area contributed by atoms with Crippen molar-refractivity contribution in [2.45, 2.75) is 30.7 Å². The minimum Gasteiger partial charge on any atom is -0.508 e. The Morgan fingerprint density at radius 2 is 1.67 bits per heavy atom. The molecule has 0 aliphatic carbocycles. The van der Waals surface area contributed by atoms with Crippen LogP contribution in [0.25, 0.3) is 28.4 Å². The molecule has 1 aliphatic heterocycles. The summed E-state index contributed by atoms with van der Waals surface area (Å²) in [5, 5.41) is 71.2. The number of aliphatic hydroxyl groups is 3. The van der Waals surface area contributed by atoms with E-state index in [1.54, 1.807) is 0 Å². The summed E-state index contributed by atoms with van der Waals surface area (Å²) in [6, 6.07) is 11.8. The molecule has 3 aromatic carbocycles. The highest BCUT2D eigenvalue weighted by Crippen LogP contribution is 2.39. The third-order valence-electron chi connectivity index (χ3n) is 6.97. The van der Waals surface area contributed by atoms with Crippen LogP contribution in [0.4, 0.5) is 0 Å².